The van der Waals surface area contributed by atoms with Gasteiger partial charge in [0.1, 0.15) is 0 Å². The van der Waals surface area contributed by atoms with E-state index in [-0.39, 0.29) is 65.8 Å². The number of aliphatic hydroxyl groups is 2. The minimum absolute atomic E-state index is 0.0178. The Hall–Kier alpha value is -1.92. The largest absolute Gasteiger partial charge is 0.395 e. The number of likely N-dealkylation sites (tertiary alicyclic amines) is 1. The first kappa shape index (κ1) is 34.3. The first-order chi connectivity index (χ1) is 18.4. The molecule has 0 bridgehead atoms. The SMILES string of the molecule is CCC(C)(C)C(CC(C)(C)C(C)(C)C(CC(C)(C)C)c1ccc(C(=O)N(CCO)CCO)cc1)N1CCCC1=O. The van der Waals surface area contributed by atoms with Crippen molar-refractivity contribution >= 4 is 11.8 Å². The molecule has 2 amide bonds. The Morgan fingerprint density at radius 2 is 1.48 bits per heavy atom. The average Bonchev–Trinajstić information content (AvgIpc) is 3.30. The van der Waals surface area contributed by atoms with Crippen LogP contribution in [-0.2, 0) is 4.79 Å². The molecule has 6 heteroatoms. The van der Waals surface area contributed by atoms with E-state index in [4.69, 9.17) is 0 Å². The Kier molecular flexibility index (Phi) is 11.5. The second kappa shape index (κ2) is 13.4. The Balaban J connectivity index is 2.47. The lowest BCUT2D eigenvalue weighted by atomic mass is 9.54. The van der Waals surface area contributed by atoms with Gasteiger partial charge >= 0.3 is 0 Å². The molecule has 6 nitrogen and oxygen atoms in total. The Labute approximate surface area is 244 Å². The van der Waals surface area contributed by atoms with E-state index in [9.17, 15) is 19.8 Å². The smallest absolute Gasteiger partial charge is 0.254 e. The lowest BCUT2D eigenvalue weighted by Gasteiger charge is -2.53. The van der Waals surface area contributed by atoms with Gasteiger partial charge in [0.05, 0.1) is 13.2 Å². The molecule has 0 radical (unpaired) electrons. The third-order valence-corrected chi connectivity index (χ3v) is 10.0. The number of carbonyl (C=O) groups is 2. The molecular weight excluding hydrogens is 500 g/mol. The molecular formula is C34H58N2O4. The van der Waals surface area contributed by atoms with Gasteiger partial charge in [-0.05, 0) is 71.0 Å². The lowest BCUT2D eigenvalue weighted by Crippen LogP contribution is -2.51. The predicted molar refractivity (Wildman–Crippen MR) is 164 cm³/mol. The average molecular weight is 559 g/mol. The van der Waals surface area contributed by atoms with Crippen molar-refractivity contribution in [1.29, 1.82) is 0 Å². The topological polar surface area (TPSA) is 81.1 Å². The summed E-state index contributed by atoms with van der Waals surface area (Å²) in [6.07, 6.45) is 4.54. The van der Waals surface area contributed by atoms with E-state index < -0.39 is 0 Å². The number of aliphatic hydroxyl groups excluding tert-OH is 2. The number of benzene rings is 1. The third-order valence-electron chi connectivity index (χ3n) is 10.0. The number of rotatable bonds is 14. The van der Waals surface area contributed by atoms with Crippen LogP contribution in [0.15, 0.2) is 24.3 Å². The highest BCUT2D eigenvalue weighted by atomic mass is 16.3. The van der Waals surface area contributed by atoms with Gasteiger partial charge in [-0.25, -0.2) is 0 Å². The van der Waals surface area contributed by atoms with Crippen molar-refractivity contribution in [2.75, 3.05) is 32.8 Å². The van der Waals surface area contributed by atoms with Gasteiger partial charge in [-0.15, -0.1) is 0 Å². The summed E-state index contributed by atoms with van der Waals surface area (Å²) in [5.74, 6) is 0.349. The van der Waals surface area contributed by atoms with Crippen LogP contribution in [-0.4, -0.2) is 70.7 Å². The highest BCUT2D eigenvalue weighted by molar-refractivity contribution is 5.94. The molecule has 40 heavy (non-hydrogen) atoms. The van der Waals surface area contributed by atoms with Crippen molar-refractivity contribution in [1.82, 2.24) is 9.80 Å². The molecule has 1 saturated heterocycles. The fourth-order valence-electron chi connectivity index (χ4n) is 6.26. The highest BCUT2D eigenvalue weighted by Gasteiger charge is 2.49. The van der Waals surface area contributed by atoms with Gasteiger partial charge in [0.2, 0.25) is 5.91 Å². The maximum atomic E-state index is 13.1. The van der Waals surface area contributed by atoms with E-state index in [0.29, 0.717) is 17.9 Å². The molecule has 2 N–H and O–H groups in total. The van der Waals surface area contributed by atoms with E-state index in [2.05, 4.69) is 86.3 Å². The van der Waals surface area contributed by atoms with E-state index in [0.717, 1.165) is 32.2 Å². The number of hydrogen-bond acceptors (Lipinski definition) is 4. The number of nitrogens with zero attached hydrogens (tertiary/aromatic N) is 2. The van der Waals surface area contributed by atoms with Crippen LogP contribution in [0.4, 0.5) is 0 Å². The van der Waals surface area contributed by atoms with Gasteiger partial charge < -0.3 is 20.0 Å². The second-order valence-electron chi connectivity index (χ2n) is 15.0. The van der Waals surface area contributed by atoms with Crippen LogP contribution in [0.3, 0.4) is 0 Å². The summed E-state index contributed by atoms with van der Waals surface area (Å²) in [6, 6.07) is 8.15. The van der Waals surface area contributed by atoms with Gasteiger partial charge in [-0.1, -0.05) is 81.4 Å². The molecule has 1 aliphatic heterocycles. The monoisotopic (exact) mass is 558 g/mol. The number of hydrogen-bond donors (Lipinski definition) is 2. The molecule has 1 aromatic carbocycles. The molecule has 228 valence electrons. The summed E-state index contributed by atoms with van der Waals surface area (Å²) in [5, 5.41) is 18.7. The molecule has 1 heterocycles. The minimum atomic E-state index is -0.179. The van der Waals surface area contributed by atoms with Crippen molar-refractivity contribution < 1.29 is 19.8 Å². The van der Waals surface area contributed by atoms with Gasteiger partial charge in [0, 0.05) is 37.7 Å². The number of carbonyl (C=O) groups excluding carboxylic acids is 2. The van der Waals surface area contributed by atoms with Crippen LogP contribution in [0.5, 0.6) is 0 Å². The zero-order valence-corrected chi connectivity index (χ0v) is 27.1. The standard InChI is InChI=1S/C34H58N2O4/c1-11-32(5,6)28(36-18-12-13-29(36)39)24-33(7,8)34(9,10)27(23-31(2,3)4)25-14-16-26(17-15-25)30(40)35(19-21-37)20-22-38/h14-17,27-28,37-38H,11-13,18-24H2,1-10H3. The molecule has 0 aliphatic carbocycles. The minimum Gasteiger partial charge on any atom is -0.395 e. The van der Waals surface area contributed by atoms with E-state index >= 15 is 0 Å². The maximum absolute atomic E-state index is 13.1. The fraction of sp³-hybridized carbons (Fsp3) is 0.765. The first-order valence-corrected chi connectivity index (χ1v) is 15.3. The fourth-order valence-corrected chi connectivity index (χ4v) is 6.26. The summed E-state index contributed by atoms with van der Waals surface area (Å²) in [6.45, 7) is 24.2. The van der Waals surface area contributed by atoms with Crippen molar-refractivity contribution in [3.63, 3.8) is 0 Å². The molecule has 1 aromatic rings. The van der Waals surface area contributed by atoms with Crippen molar-refractivity contribution in [2.45, 2.75) is 113 Å². The molecule has 1 aliphatic rings. The summed E-state index contributed by atoms with van der Waals surface area (Å²) in [7, 11) is 0. The molecule has 0 spiro atoms. The van der Waals surface area contributed by atoms with Crippen LogP contribution in [0, 0.1) is 21.7 Å². The molecule has 2 atom stereocenters. The lowest BCUT2D eigenvalue weighted by molar-refractivity contribution is -0.134. The van der Waals surface area contributed by atoms with E-state index in [1.54, 1.807) is 0 Å². The molecule has 2 rings (SSSR count). The van der Waals surface area contributed by atoms with Gasteiger partial charge in [-0.2, -0.15) is 0 Å². The van der Waals surface area contributed by atoms with E-state index in [1.165, 1.54) is 10.5 Å². The van der Waals surface area contributed by atoms with Crippen LogP contribution in [0.2, 0.25) is 0 Å². The molecule has 1 fully saturated rings. The van der Waals surface area contributed by atoms with Crippen molar-refractivity contribution in [2.24, 2.45) is 21.7 Å². The first-order valence-electron chi connectivity index (χ1n) is 15.3. The normalized spacial score (nSPS) is 16.8. The second-order valence-corrected chi connectivity index (χ2v) is 15.0. The van der Waals surface area contributed by atoms with Gasteiger partial charge in [0.15, 0.2) is 0 Å². The Bertz CT molecular complexity index is 969. The summed E-state index contributed by atoms with van der Waals surface area (Å²) < 4.78 is 0. The Morgan fingerprint density at radius 3 is 1.90 bits per heavy atom. The summed E-state index contributed by atoms with van der Waals surface area (Å²) in [4.78, 5) is 29.7. The maximum Gasteiger partial charge on any atom is 0.254 e. The van der Waals surface area contributed by atoms with Crippen LogP contribution in [0.25, 0.3) is 0 Å². The zero-order chi connectivity index (χ0) is 30.5. The predicted octanol–water partition coefficient (Wildman–Crippen LogP) is 6.50. The molecule has 0 aromatic heterocycles. The summed E-state index contributed by atoms with van der Waals surface area (Å²) >= 11 is 0. The van der Waals surface area contributed by atoms with E-state index in [1.807, 2.05) is 12.1 Å². The van der Waals surface area contributed by atoms with Gasteiger partial charge in [-0.3, -0.25) is 9.59 Å². The van der Waals surface area contributed by atoms with Crippen LogP contribution < -0.4 is 0 Å². The molecule has 0 saturated carbocycles. The van der Waals surface area contributed by atoms with Gasteiger partial charge in [0.25, 0.3) is 5.91 Å². The Morgan fingerprint density at radius 1 is 0.925 bits per heavy atom. The highest BCUT2D eigenvalue weighted by Crippen LogP contribution is 2.56. The van der Waals surface area contributed by atoms with Crippen LogP contribution in [0.1, 0.15) is 123 Å². The number of amides is 2. The van der Waals surface area contributed by atoms with Crippen LogP contribution >= 0.6 is 0 Å². The quantitative estimate of drug-likeness (QED) is 0.273. The van der Waals surface area contributed by atoms with Crippen molar-refractivity contribution in [3.8, 4) is 0 Å². The third kappa shape index (κ3) is 8.09. The zero-order valence-electron chi connectivity index (χ0n) is 27.1. The van der Waals surface area contributed by atoms with Crippen molar-refractivity contribution in [3.05, 3.63) is 35.4 Å². The summed E-state index contributed by atoms with van der Waals surface area (Å²) in [5.41, 5.74) is 1.69. The molecule has 2 unspecified atom stereocenters.